The average molecular weight is 183 g/mol. The molecule has 5 heteroatoms. The monoisotopic (exact) mass is 183 g/mol. The second-order valence-corrected chi connectivity index (χ2v) is 3.80. The second kappa shape index (κ2) is 2.82. The fraction of sp³-hybridized carbons (Fsp3) is 0.429. The van der Waals surface area contributed by atoms with E-state index in [-0.39, 0.29) is 0 Å². The van der Waals surface area contributed by atoms with Crippen molar-refractivity contribution in [3.8, 4) is 0 Å². The first-order valence-corrected chi connectivity index (χ1v) is 4.88. The summed E-state index contributed by atoms with van der Waals surface area (Å²) in [6.45, 7) is 0. The third-order valence-electron chi connectivity index (χ3n) is 1.93. The number of H-pyrrole nitrogens is 1. The van der Waals surface area contributed by atoms with Crippen molar-refractivity contribution in [3.63, 3.8) is 0 Å². The van der Waals surface area contributed by atoms with E-state index >= 15 is 0 Å². The molecular formula is C7H9N3OS. The Morgan fingerprint density at radius 2 is 2.50 bits per heavy atom. The van der Waals surface area contributed by atoms with E-state index in [0.29, 0.717) is 5.69 Å². The number of aromatic amines is 1. The van der Waals surface area contributed by atoms with Crippen LogP contribution in [0, 0.1) is 0 Å². The maximum Gasteiger partial charge on any atom is 0.269 e. The van der Waals surface area contributed by atoms with Gasteiger partial charge in [-0.15, -0.1) is 0 Å². The maximum atomic E-state index is 10.9. The number of carbonyl (C=O) groups is 1. The molecule has 0 aromatic carbocycles. The van der Waals surface area contributed by atoms with Gasteiger partial charge in [-0.2, -0.15) is 16.9 Å². The molecule has 1 aliphatic rings. The molecular weight excluding hydrogens is 174 g/mol. The van der Waals surface area contributed by atoms with E-state index in [1.54, 1.807) is 11.8 Å². The molecule has 0 spiro atoms. The van der Waals surface area contributed by atoms with E-state index in [1.165, 1.54) is 0 Å². The Hall–Kier alpha value is -0.970. The highest BCUT2D eigenvalue weighted by Gasteiger charge is 2.19. The van der Waals surface area contributed by atoms with Crippen LogP contribution >= 0.6 is 11.8 Å². The molecule has 1 amide bonds. The molecule has 0 atom stereocenters. The number of hydrogen-bond donors (Lipinski definition) is 2. The van der Waals surface area contributed by atoms with E-state index in [2.05, 4.69) is 10.2 Å². The Bertz CT molecular complexity index is 320. The molecule has 0 saturated carbocycles. The summed E-state index contributed by atoms with van der Waals surface area (Å²) in [6.07, 6.45) is 0.959. The third-order valence-corrected chi connectivity index (χ3v) is 2.91. The fourth-order valence-corrected chi connectivity index (χ4v) is 2.32. The van der Waals surface area contributed by atoms with Gasteiger partial charge in [-0.25, -0.2) is 0 Å². The molecule has 2 heterocycles. The van der Waals surface area contributed by atoms with Crippen LogP contribution in [0.15, 0.2) is 0 Å². The van der Waals surface area contributed by atoms with Crippen molar-refractivity contribution >= 4 is 17.7 Å². The number of rotatable bonds is 1. The molecule has 0 saturated heterocycles. The number of aryl methyl sites for hydroxylation is 1. The van der Waals surface area contributed by atoms with Gasteiger partial charge in [-0.1, -0.05) is 0 Å². The molecule has 64 valence electrons. The lowest BCUT2D eigenvalue weighted by Gasteiger charge is -2.09. The number of aromatic nitrogens is 2. The highest BCUT2D eigenvalue weighted by atomic mass is 32.2. The lowest BCUT2D eigenvalue weighted by atomic mass is 10.1. The van der Waals surface area contributed by atoms with Crippen LogP contribution < -0.4 is 5.73 Å². The van der Waals surface area contributed by atoms with Crippen LogP contribution in [0.3, 0.4) is 0 Å². The van der Waals surface area contributed by atoms with Crippen molar-refractivity contribution in [2.75, 3.05) is 5.75 Å². The number of nitrogens with two attached hydrogens (primary N) is 1. The molecule has 2 rings (SSSR count). The van der Waals surface area contributed by atoms with Gasteiger partial charge in [0.1, 0.15) is 0 Å². The minimum atomic E-state index is -0.435. The van der Waals surface area contributed by atoms with Gasteiger partial charge in [0.15, 0.2) is 5.69 Å². The van der Waals surface area contributed by atoms with E-state index in [1.807, 2.05) is 0 Å². The zero-order chi connectivity index (χ0) is 8.55. The summed E-state index contributed by atoms with van der Waals surface area (Å²) in [6, 6.07) is 0. The summed E-state index contributed by atoms with van der Waals surface area (Å²) < 4.78 is 0. The molecule has 1 aromatic heterocycles. The first-order chi connectivity index (χ1) is 5.79. The van der Waals surface area contributed by atoms with Crippen molar-refractivity contribution < 1.29 is 4.79 Å². The third kappa shape index (κ3) is 1.10. The molecule has 4 nitrogen and oxygen atoms in total. The summed E-state index contributed by atoms with van der Waals surface area (Å²) in [5, 5.41) is 6.73. The number of fused-ring (bicyclic) bond motifs is 1. The van der Waals surface area contributed by atoms with Crippen molar-refractivity contribution in [2.45, 2.75) is 12.2 Å². The Balaban J connectivity index is 2.44. The quantitative estimate of drug-likeness (QED) is 0.657. The van der Waals surface area contributed by atoms with E-state index in [9.17, 15) is 4.79 Å². The van der Waals surface area contributed by atoms with Gasteiger partial charge in [-0.3, -0.25) is 9.89 Å². The maximum absolute atomic E-state index is 10.9. The Morgan fingerprint density at radius 1 is 1.67 bits per heavy atom. The van der Waals surface area contributed by atoms with Crippen molar-refractivity contribution in [3.05, 3.63) is 17.0 Å². The van der Waals surface area contributed by atoms with Gasteiger partial charge in [0.25, 0.3) is 5.91 Å². The van der Waals surface area contributed by atoms with Crippen LogP contribution in [0.1, 0.15) is 21.7 Å². The lowest BCUT2D eigenvalue weighted by molar-refractivity contribution is 0.0995. The normalized spacial score (nSPS) is 15.7. The summed E-state index contributed by atoms with van der Waals surface area (Å²) in [4.78, 5) is 10.9. The van der Waals surface area contributed by atoms with Gasteiger partial charge >= 0.3 is 0 Å². The predicted molar refractivity (Wildman–Crippen MR) is 47.0 cm³/mol. The average Bonchev–Trinajstić information content (AvgIpc) is 2.47. The Labute approximate surface area is 73.9 Å². The van der Waals surface area contributed by atoms with Crippen molar-refractivity contribution in [1.82, 2.24) is 10.2 Å². The van der Waals surface area contributed by atoms with Crippen molar-refractivity contribution in [1.29, 1.82) is 0 Å². The van der Waals surface area contributed by atoms with Gasteiger partial charge in [0.2, 0.25) is 0 Å². The largest absolute Gasteiger partial charge is 0.364 e. The number of hydrogen-bond acceptors (Lipinski definition) is 3. The van der Waals surface area contributed by atoms with Crippen LogP contribution in [-0.4, -0.2) is 21.9 Å². The van der Waals surface area contributed by atoms with Crippen LogP contribution in [0.2, 0.25) is 0 Å². The van der Waals surface area contributed by atoms with Crippen LogP contribution in [0.25, 0.3) is 0 Å². The number of primary amides is 1. The Morgan fingerprint density at radius 3 is 3.25 bits per heavy atom. The molecule has 0 fully saturated rings. The first-order valence-electron chi connectivity index (χ1n) is 3.72. The molecule has 1 aromatic rings. The molecule has 0 aliphatic carbocycles. The smallest absolute Gasteiger partial charge is 0.269 e. The highest BCUT2D eigenvalue weighted by molar-refractivity contribution is 7.98. The number of amides is 1. The SMILES string of the molecule is NC(=O)c1n[nH]c2c1CSCC2. The Kier molecular flexibility index (Phi) is 1.80. The minimum absolute atomic E-state index is 0.414. The van der Waals surface area contributed by atoms with Gasteiger partial charge < -0.3 is 5.73 Å². The zero-order valence-electron chi connectivity index (χ0n) is 6.46. The second-order valence-electron chi connectivity index (χ2n) is 2.70. The first kappa shape index (κ1) is 7.67. The molecule has 0 bridgehead atoms. The number of thioether (sulfide) groups is 1. The standard InChI is InChI=1S/C7H9N3OS/c8-7(11)6-4-3-12-2-1-5(4)9-10-6/h1-3H2,(H2,8,11)(H,9,10). The number of nitrogens with one attached hydrogen (secondary N) is 1. The number of nitrogens with zero attached hydrogens (tertiary/aromatic N) is 1. The van der Waals surface area contributed by atoms with Crippen LogP contribution in [-0.2, 0) is 12.2 Å². The summed E-state index contributed by atoms with van der Waals surface area (Å²) in [5.74, 6) is 1.51. The predicted octanol–water partition coefficient (Wildman–Crippen LogP) is 0.298. The summed E-state index contributed by atoms with van der Waals surface area (Å²) in [5.41, 5.74) is 7.64. The highest BCUT2D eigenvalue weighted by Crippen LogP contribution is 2.24. The topological polar surface area (TPSA) is 71.8 Å². The molecule has 1 aliphatic heterocycles. The molecule has 12 heavy (non-hydrogen) atoms. The van der Waals surface area contributed by atoms with E-state index < -0.39 is 5.91 Å². The molecule has 0 unspecified atom stereocenters. The van der Waals surface area contributed by atoms with Gasteiger partial charge in [0, 0.05) is 17.0 Å². The molecule has 3 N–H and O–H groups in total. The van der Waals surface area contributed by atoms with E-state index in [0.717, 1.165) is 29.2 Å². The zero-order valence-corrected chi connectivity index (χ0v) is 7.28. The summed E-state index contributed by atoms with van der Waals surface area (Å²) >= 11 is 1.81. The molecule has 0 radical (unpaired) electrons. The van der Waals surface area contributed by atoms with Gasteiger partial charge in [-0.05, 0) is 12.2 Å². The minimum Gasteiger partial charge on any atom is -0.364 e. The number of carbonyl (C=O) groups excluding carboxylic acids is 1. The fourth-order valence-electron chi connectivity index (χ4n) is 1.32. The summed E-state index contributed by atoms with van der Waals surface area (Å²) in [7, 11) is 0. The van der Waals surface area contributed by atoms with Crippen LogP contribution in [0.5, 0.6) is 0 Å². The van der Waals surface area contributed by atoms with E-state index in [4.69, 9.17) is 5.73 Å². The van der Waals surface area contributed by atoms with Crippen LogP contribution in [0.4, 0.5) is 0 Å². The van der Waals surface area contributed by atoms with Gasteiger partial charge in [0.05, 0.1) is 0 Å². The van der Waals surface area contributed by atoms with Crippen molar-refractivity contribution in [2.24, 2.45) is 5.73 Å². The lowest BCUT2D eigenvalue weighted by Crippen LogP contribution is -2.14.